The fraction of sp³-hybridized carbons (Fsp3) is 0.259. The number of fused-ring (bicyclic) bond motifs is 2. The lowest BCUT2D eigenvalue weighted by Gasteiger charge is -2.33. The van der Waals surface area contributed by atoms with Gasteiger partial charge in [-0.2, -0.15) is 0 Å². The molecule has 0 aliphatic carbocycles. The molecule has 5 rings (SSSR count). The number of benzene rings is 3. The maximum absolute atomic E-state index is 14.5. The molecule has 196 valence electrons. The minimum absolute atomic E-state index is 0.192. The Labute approximate surface area is 232 Å². The molecule has 2 amide bonds. The summed E-state index contributed by atoms with van der Waals surface area (Å²) in [6, 6.07) is 18.1. The number of anilines is 2. The van der Waals surface area contributed by atoms with E-state index in [0.717, 1.165) is 9.37 Å². The second-order valence-electron chi connectivity index (χ2n) is 9.98. The normalized spacial score (nSPS) is 22.6. The van der Waals surface area contributed by atoms with Crippen LogP contribution in [-0.4, -0.2) is 28.6 Å². The van der Waals surface area contributed by atoms with E-state index >= 15 is 0 Å². The Morgan fingerprint density at radius 2 is 1.71 bits per heavy atom. The number of ether oxygens (including phenoxy) is 1. The summed E-state index contributed by atoms with van der Waals surface area (Å²) >= 11 is 9.50. The molecule has 0 unspecified atom stereocenters. The summed E-state index contributed by atoms with van der Waals surface area (Å²) in [4.78, 5) is 47.4. The molecule has 1 fully saturated rings. The molecule has 0 N–H and O–H groups in total. The Kier molecular flexibility index (Phi) is 6.45. The van der Waals surface area contributed by atoms with Crippen LogP contribution in [0.25, 0.3) is 0 Å². The first-order chi connectivity index (χ1) is 17.9. The van der Waals surface area contributed by atoms with E-state index in [9.17, 15) is 19.7 Å². The Morgan fingerprint density at radius 1 is 1.08 bits per heavy atom. The second kappa shape index (κ2) is 9.37. The maximum Gasteiger partial charge on any atom is 0.421 e. The average molecular weight is 601 g/mol. The molecule has 1 saturated heterocycles. The number of carbonyl (C=O) groups excluding carboxylic acids is 2. The van der Waals surface area contributed by atoms with Gasteiger partial charge in [-0.25, -0.2) is 14.8 Å². The molecule has 0 saturated carbocycles. The number of para-hydroxylation sites is 1. The standard InChI is InChI=1S/C27H23BrClN3O6/c1-26(2,3)37-25(34)30-21-7-5-4-6-20(21)27(24(30)33)23(32(35)36)22(16-8-10-17(28)11-9-16)38-31(27)19-14-12-18(29)13-15-19/h4-15,22-23H,1-3H3/t22-,23-,27-/m0/s1. The summed E-state index contributed by atoms with van der Waals surface area (Å²) in [5, 5.41) is 14.6. The Hall–Kier alpha value is -3.47. The summed E-state index contributed by atoms with van der Waals surface area (Å²) < 4.78 is 6.32. The lowest BCUT2D eigenvalue weighted by Crippen LogP contribution is -2.58. The molecule has 2 heterocycles. The molecule has 3 aromatic rings. The highest BCUT2D eigenvalue weighted by Crippen LogP contribution is 2.56. The van der Waals surface area contributed by atoms with Crippen molar-refractivity contribution in [1.82, 2.24) is 0 Å². The number of amides is 2. The van der Waals surface area contributed by atoms with Crippen molar-refractivity contribution in [2.75, 3.05) is 9.96 Å². The number of carbonyl (C=O) groups is 2. The topological polar surface area (TPSA) is 102 Å². The third-order valence-electron chi connectivity index (χ3n) is 6.40. The Morgan fingerprint density at radius 3 is 2.32 bits per heavy atom. The van der Waals surface area contributed by atoms with Crippen LogP contribution >= 0.6 is 27.5 Å². The minimum atomic E-state index is -2.03. The van der Waals surface area contributed by atoms with Gasteiger partial charge in [0.2, 0.25) is 5.54 Å². The Bertz CT molecular complexity index is 1430. The number of hydroxylamine groups is 1. The van der Waals surface area contributed by atoms with Crippen molar-refractivity contribution in [3.63, 3.8) is 0 Å². The summed E-state index contributed by atoms with van der Waals surface area (Å²) in [7, 11) is 0. The fourth-order valence-electron chi connectivity index (χ4n) is 4.95. The number of nitro groups is 1. The molecule has 2 aliphatic rings. The third kappa shape index (κ3) is 4.13. The van der Waals surface area contributed by atoms with Crippen molar-refractivity contribution >= 4 is 50.9 Å². The van der Waals surface area contributed by atoms with E-state index in [0.29, 0.717) is 16.3 Å². The lowest BCUT2D eigenvalue weighted by molar-refractivity contribution is -0.535. The van der Waals surface area contributed by atoms with Crippen LogP contribution in [0.4, 0.5) is 16.2 Å². The van der Waals surface area contributed by atoms with Crippen LogP contribution < -0.4 is 9.96 Å². The van der Waals surface area contributed by atoms with Gasteiger partial charge in [0.15, 0.2) is 6.10 Å². The first-order valence-electron chi connectivity index (χ1n) is 11.7. The SMILES string of the molecule is CC(C)(C)OC(=O)N1C(=O)[C@]2(c3ccccc31)[C@@H]([N+](=O)[O-])[C@H](c1ccc(Br)cc1)ON2c1ccc(Cl)cc1. The molecular weight excluding hydrogens is 578 g/mol. The fourth-order valence-corrected chi connectivity index (χ4v) is 5.34. The summed E-state index contributed by atoms with van der Waals surface area (Å²) in [6.07, 6.45) is -2.10. The number of hydrogen-bond acceptors (Lipinski definition) is 7. The van der Waals surface area contributed by atoms with Gasteiger partial charge in [-0.15, -0.1) is 0 Å². The van der Waals surface area contributed by atoms with Gasteiger partial charge in [-0.1, -0.05) is 57.9 Å². The first kappa shape index (κ1) is 26.1. The van der Waals surface area contributed by atoms with E-state index in [4.69, 9.17) is 21.2 Å². The van der Waals surface area contributed by atoms with Crippen molar-refractivity contribution in [3.05, 3.63) is 104 Å². The molecule has 0 bridgehead atoms. The number of halogens is 2. The van der Waals surface area contributed by atoms with E-state index in [1.165, 1.54) is 5.06 Å². The zero-order valence-electron chi connectivity index (χ0n) is 20.6. The van der Waals surface area contributed by atoms with Gasteiger partial charge in [0, 0.05) is 20.0 Å². The van der Waals surface area contributed by atoms with Crippen LogP contribution in [0.2, 0.25) is 5.02 Å². The molecule has 9 nitrogen and oxygen atoms in total. The van der Waals surface area contributed by atoms with Gasteiger partial charge >= 0.3 is 6.09 Å². The maximum atomic E-state index is 14.5. The van der Waals surface area contributed by atoms with Gasteiger partial charge in [0.05, 0.1) is 11.4 Å². The highest BCUT2D eigenvalue weighted by molar-refractivity contribution is 9.10. The van der Waals surface area contributed by atoms with E-state index in [1.54, 1.807) is 93.6 Å². The van der Waals surface area contributed by atoms with Crippen LogP contribution in [0.3, 0.4) is 0 Å². The van der Waals surface area contributed by atoms with Crippen molar-refractivity contribution in [2.45, 2.75) is 44.1 Å². The average Bonchev–Trinajstić information content (AvgIpc) is 3.33. The van der Waals surface area contributed by atoms with Gasteiger partial charge < -0.3 is 4.74 Å². The number of imide groups is 1. The number of nitrogens with zero attached hydrogens (tertiary/aromatic N) is 3. The second-order valence-corrected chi connectivity index (χ2v) is 11.3. The molecule has 0 radical (unpaired) electrons. The summed E-state index contributed by atoms with van der Waals surface area (Å²) in [5.41, 5.74) is -1.64. The molecule has 38 heavy (non-hydrogen) atoms. The van der Waals surface area contributed by atoms with Crippen LogP contribution in [0.5, 0.6) is 0 Å². The quantitative estimate of drug-likeness (QED) is 0.253. The number of rotatable bonds is 3. The zero-order valence-corrected chi connectivity index (χ0v) is 23.0. The predicted octanol–water partition coefficient (Wildman–Crippen LogP) is 6.42. The van der Waals surface area contributed by atoms with E-state index < -0.39 is 40.2 Å². The number of hydrogen-bond donors (Lipinski definition) is 0. The smallest absolute Gasteiger partial charge is 0.421 e. The van der Waals surface area contributed by atoms with Crippen LogP contribution in [0.15, 0.2) is 77.3 Å². The van der Waals surface area contributed by atoms with Gasteiger partial charge in [-0.3, -0.25) is 19.7 Å². The van der Waals surface area contributed by atoms with Gasteiger partial charge in [-0.05, 0) is 68.8 Å². The monoisotopic (exact) mass is 599 g/mol. The third-order valence-corrected chi connectivity index (χ3v) is 7.18. The molecule has 3 aromatic carbocycles. The zero-order chi connectivity index (χ0) is 27.4. The summed E-state index contributed by atoms with van der Waals surface area (Å²) in [5.74, 6) is -0.843. The van der Waals surface area contributed by atoms with E-state index in [2.05, 4.69) is 15.9 Å². The van der Waals surface area contributed by atoms with Gasteiger partial charge in [0.1, 0.15) is 5.60 Å². The van der Waals surface area contributed by atoms with Crippen molar-refractivity contribution < 1.29 is 24.1 Å². The molecule has 11 heteroatoms. The highest BCUT2D eigenvalue weighted by Gasteiger charge is 2.74. The molecule has 2 aliphatic heterocycles. The van der Waals surface area contributed by atoms with Crippen LogP contribution in [-0.2, 0) is 19.9 Å². The molecule has 3 atom stereocenters. The summed E-state index contributed by atoms with van der Waals surface area (Å²) in [6.45, 7) is 5.03. The van der Waals surface area contributed by atoms with Crippen LogP contribution in [0.1, 0.15) is 38.0 Å². The largest absolute Gasteiger partial charge is 0.443 e. The van der Waals surface area contributed by atoms with E-state index in [-0.39, 0.29) is 11.3 Å². The van der Waals surface area contributed by atoms with Gasteiger partial charge in [0.25, 0.3) is 11.9 Å². The molecule has 0 aromatic heterocycles. The first-order valence-corrected chi connectivity index (χ1v) is 12.9. The lowest BCUT2D eigenvalue weighted by atomic mass is 9.80. The van der Waals surface area contributed by atoms with Crippen molar-refractivity contribution in [2.24, 2.45) is 0 Å². The van der Waals surface area contributed by atoms with Crippen molar-refractivity contribution in [1.29, 1.82) is 0 Å². The minimum Gasteiger partial charge on any atom is -0.443 e. The van der Waals surface area contributed by atoms with Crippen molar-refractivity contribution in [3.8, 4) is 0 Å². The van der Waals surface area contributed by atoms with E-state index in [1.807, 2.05) is 0 Å². The molecule has 1 spiro atoms. The van der Waals surface area contributed by atoms with Crippen LogP contribution in [0, 0.1) is 10.1 Å². The highest BCUT2D eigenvalue weighted by atomic mass is 79.9. The molecular formula is C27H23BrClN3O6. The Balaban J connectivity index is 1.77. The predicted molar refractivity (Wildman–Crippen MR) is 145 cm³/mol.